The maximum absolute atomic E-state index is 16.6. The van der Waals surface area contributed by atoms with Crippen LogP contribution in [-0.4, -0.2) is 77.9 Å². The molecule has 348 valence electrons. The van der Waals surface area contributed by atoms with Gasteiger partial charge in [0.25, 0.3) is 0 Å². The van der Waals surface area contributed by atoms with Crippen LogP contribution in [0.2, 0.25) is 0 Å². The number of amides is 1. The van der Waals surface area contributed by atoms with Gasteiger partial charge in [-0.3, -0.25) is 34.9 Å². The second kappa shape index (κ2) is 17.3. The van der Waals surface area contributed by atoms with E-state index >= 15 is 4.39 Å². The summed E-state index contributed by atoms with van der Waals surface area (Å²) in [5.74, 6) is -0.167. The third-order valence-electron chi connectivity index (χ3n) is 12.2. The molecule has 0 unspecified atom stereocenters. The van der Waals surface area contributed by atoms with Gasteiger partial charge in [0.2, 0.25) is 5.91 Å². The molecule has 16 nitrogen and oxygen atoms in total. The highest BCUT2D eigenvalue weighted by molar-refractivity contribution is 6.03. The van der Waals surface area contributed by atoms with Crippen molar-refractivity contribution in [3.8, 4) is 67.7 Å². The van der Waals surface area contributed by atoms with Crippen molar-refractivity contribution in [3.63, 3.8) is 0 Å². The molecule has 0 aliphatic rings. The predicted octanol–water partition coefficient (Wildman–Crippen LogP) is 11.4. The number of aromatic nitrogens is 13. The van der Waals surface area contributed by atoms with E-state index in [4.69, 9.17) is 25.0 Å². The maximum atomic E-state index is 16.6. The molecular formula is C53H41F2N15O. The molecule has 18 heteroatoms. The van der Waals surface area contributed by atoms with Gasteiger partial charge in [0.05, 0.1) is 68.8 Å². The molecule has 11 aromatic rings. The zero-order valence-electron chi connectivity index (χ0n) is 38.8. The maximum Gasteiger partial charge on any atom is 0.229 e. The molecule has 71 heavy (non-hydrogen) atoms. The smallest absolute Gasteiger partial charge is 0.229 e. The highest BCUT2D eigenvalue weighted by Crippen LogP contribution is 2.40. The van der Waals surface area contributed by atoms with Gasteiger partial charge in [0.1, 0.15) is 22.7 Å². The monoisotopic (exact) mass is 941 g/mol. The molecule has 0 spiro atoms. The number of carbonyl (C=O) groups excluding carboxylic acids is 1. The van der Waals surface area contributed by atoms with Gasteiger partial charge in [-0.25, -0.2) is 28.7 Å². The summed E-state index contributed by atoms with van der Waals surface area (Å²) in [4.78, 5) is 56.9. The number of halogens is 2. The number of pyridine rings is 5. The first-order valence-corrected chi connectivity index (χ1v) is 22.4. The lowest BCUT2D eigenvalue weighted by molar-refractivity contribution is -0.123. The highest BCUT2D eigenvalue weighted by atomic mass is 19.1. The Labute approximate surface area is 402 Å². The fourth-order valence-electron chi connectivity index (χ4n) is 8.36. The number of hydrogen-bond donors (Lipinski definition) is 5. The predicted molar refractivity (Wildman–Crippen MR) is 272 cm³/mol. The largest absolute Gasteiger partial charge is 0.335 e. The van der Waals surface area contributed by atoms with Crippen LogP contribution in [0.5, 0.6) is 0 Å². The number of nitrogens with zero attached hydrogens (tertiary/aromatic N) is 10. The highest BCUT2D eigenvalue weighted by Gasteiger charge is 2.25. The summed E-state index contributed by atoms with van der Waals surface area (Å²) >= 11 is 0. The Morgan fingerprint density at radius 2 is 1.32 bits per heavy atom. The van der Waals surface area contributed by atoms with Crippen LogP contribution in [0.4, 0.5) is 14.5 Å². The van der Waals surface area contributed by atoms with Gasteiger partial charge in [0, 0.05) is 63.6 Å². The van der Waals surface area contributed by atoms with E-state index in [1.165, 1.54) is 18.2 Å². The number of allylic oxidation sites excluding steroid dienone is 3. The number of nitrogens with one attached hydrogen (secondary N) is 5. The Morgan fingerprint density at radius 1 is 0.662 bits per heavy atom. The number of benzene rings is 2. The van der Waals surface area contributed by atoms with Crippen LogP contribution in [-0.2, 0) is 4.79 Å². The lowest BCUT2D eigenvalue weighted by Gasteiger charge is -2.17. The van der Waals surface area contributed by atoms with Crippen LogP contribution in [0.3, 0.4) is 0 Å². The van der Waals surface area contributed by atoms with Gasteiger partial charge in [0.15, 0.2) is 23.0 Å². The van der Waals surface area contributed by atoms with Crippen molar-refractivity contribution >= 4 is 68.0 Å². The van der Waals surface area contributed by atoms with E-state index in [9.17, 15) is 9.18 Å². The van der Waals surface area contributed by atoms with Crippen LogP contribution in [0.1, 0.15) is 40.3 Å². The second-order valence-corrected chi connectivity index (χ2v) is 17.9. The van der Waals surface area contributed by atoms with Crippen molar-refractivity contribution in [1.82, 2.24) is 65.3 Å². The molecule has 9 heterocycles. The first-order chi connectivity index (χ1) is 34.3. The van der Waals surface area contributed by atoms with Gasteiger partial charge in [-0.05, 0) is 85.8 Å². The number of hydrogen-bond acceptors (Lipinski definition) is 11. The van der Waals surface area contributed by atoms with Gasteiger partial charge < -0.3 is 15.3 Å². The fraction of sp³-hybridized carbons (Fsp3) is 0.113. The number of rotatable bonds is 10. The molecule has 0 saturated heterocycles. The Balaban J connectivity index is 1.01. The van der Waals surface area contributed by atoms with Crippen LogP contribution >= 0.6 is 0 Å². The zero-order chi connectivity index (χ0) is 49.1. The lowest BCUT2D eigenvalue weighted by atomic mass is 9.95. The van der Waals surface area contributed by atoms with Crippen LogP contribution in [0, 0.1) is 17.0 Å². The van der Waals surface area contributed by atoms with Crippen molar-refractivity contribution in [1.29, 1.82) is 0 Å². The second-order valence-electron chi connectivity index (χ2n) is 17.9. The summed E-state index contributed by atoms with van der Waals surface area (Å²) < 4.78 is 30.5. The van der Waals surface area contributed by atoms with Gasteiger partial charge in [-0.2, -0.15) is 10.2 Å². The summed E-state index contributed by atoms with van der Waals surface area (Å²) in [6.45, 7) is 13.1. The zero-order valence-corrected chi connectivity index (χ0v) is 38.8. The molecule has 0 atom stereocenters. The van der Waals surface area contributed by atoms with E-state index in [1.54, 1.807) is 73.7 Å². The molecule has 1 amide bonds. The number of aliphatic imine (C=N–C) groups is 1. The van der Waals surface area contributed by atoms with Gasteiger partial charge in [-0.15, -0.1) is 0 Å². The first kappa shape index (κ1) is 44.1. The van der Waals surface area contributed by atoms with Gasteiger partial charge in [-0.1, -0.05) is 45.0 Å². The van der Waals surface area contributed by atoms with Crippen LogP contribution < -0.4 is 5.32 Å². The van der Waals surface area contributed by atoms with Crippen LogP contribution in [0.25, 0.3) is 117 Å². The average molecular weight is 942 g/mol. The number of H-pyrrole nitrogens is 4. The SMILES string of the molecule is C=N/C=C(\C(C)=C/C)c1cc(-c2cc(-c3cncc4[nH]c(-c5n[nH]c6ccc(-c7cncc(NC(=O)C(C)(C)C)c7)nc56)nc34)ccc2F)c2[nH]nc(-c3nc4c(-c5ccc(F)cc5)cncc4[nH]3)c2n1. The molecule has 9 aromatic heterocycles. The molecule has 0 aliphatic carbocycles. The minimum absolute atomic E-state index is 0.134. The van der Waals surface area contributed by atoms with Crippen molar-refractivity contribution in [2.45, 2.75) is 34.6 Å². The summed E-state index contributed by atoms with van der Waals surface area (Å²) in [6, 6.07) is 18.3. The molecule has 2 aromatic carbocycles. The molecular weight excluding hydrogens is 901 g/mol. The number of imidazole rings is 2. The van der Waals surface area contributed by atoms with Crippen molar-refractivity contribution < 1.29 is 13.6 Å². The summed E-state index contributed by atoms with van der Waals surface area (Å²) in [7, 11) is 0. The Bertz CT molecular complexity index is 4000. The van der Waals surface area contributed by atoms with Crippen molar-refractivity contribution in [3.05, 3.63) is 139 Å². The first-order valence-electron chi connectivity index (χ1n) is 22.4. The molecule has 0 fully saturated rings. The van der Waals surface area contributed by atoms with Gasteiger partial charge >= 0.3 is 0 Å². The van der Waals surface area contributed by atoms with E-state index in [-0.39, 0.29) is 17.3 Å². The Morgan fingerprint density at radius 3 is 2.01 bits per heavy atom. The minimum Gasteiger partial charge on any atom is -0.335 e. The molecule has 0 bridgehead atoms. The molecule has 0 aliphatic heterocycles. The molecule has 5 N–H and O–H groups in total. The topological polar surface area (TPSA) is 221 Å². The third kappa shape index (κ3) is 7.95. The normalized spacial score (nSPS) is 12.4. The van der Waals surface area contributed by atoms with E-state index in [0.29, 0.717) is 118 Å². The van der Waals surface area contributed by atoms with Crippen molar-refractivity contribution in [2.24, 2.45) is 10.4 Å². The minimum atomic E-state index is -0.588. The summed E-state index contributed by atoms with van der Waals surface area (Å²) in [6.07, 6.45) is 13.5. The van der Waals surface area contributed by atoms with E-state index in [2.05, 4.69) is 57.2 Å². The number of carbonyl (C=O) groups is 1. The fourth-order valence-corrected chi connectivity index (χ4v) is 8.36. The Hall–Kier alpha value is -9.45. The molecule has 11 rings (SSSR count). The molecule has 0 saturated carbocycles. The quantitative estimate of drug-likeness (QED) is 0.0645. The number of aromatic amines is 4. The van der Waals surface area contributed by atoms with Crippen molar-refractivity contribution in [2.75, 3.05) is 5.32 Å². The van der Waals surface area contributed by atoms with Crippen LogP contribution in [0.15, 0.2) is 127 Å². The lowest BCUT2D eigenvalue weighted by Crippen LogP contribution is -2.27. The third-order valence-corrected chi connectivity index (χ3v) is 12.2. The molecule has 0 radical (unpaired) electrons. The van der Waals surface area contributed by atoms with E-state index in [0.717, 1.165) is 11.1 Å². The average Bonchev–Trinajstić information content (AvgIpc) is 4.20. The van der Waals surface area contributed by atoms with E-state index < -0.39 is 11.2 Å². The summed E-state index contributed by atoms with van der Waals surface area (Å²) in [5.41, 5.74) is 12.1. The standard InChI is InChI=1S/C53H41F2N15O/c1-7-26(2)34(21-56-6)40-18-33(45-47(62-40)49(70-68-45)51-64-41-24-58-22-35(43(41)65-51)27-8-11-30(54)12-9-27)32-17-28(10-13-37(32)55)36-23-59-25-42-44(36)66-50(63-42)48-46-39(67-69-48)15-14-38(61-46)29-16-31(20-57-19-29)60-52(71)53(3,4)5/h7-25H,6H2,1-5H3,(H,60,71)(H,63,66)(H,64,65)(H,67,69)(H,68,70)/b26-7-,34-21+. The number of anilines is 1. The summed E-state index contributed by atoms with van der Waals surface area (Å²) in [5, 5.41) is 18.5. The number of fused-ring (bicyclic) bond motifs is 4. The Kier molecular flexibility index (Phi) is 10.7. The van der Waals surface area contributed by atoms with E-state index in [1.807, 2.05) is 58.9 Å².